The van der Waals surface area contributed by atoms with Gasteiger partial charge in [-0.1, -0.05) is 65.5 Å². The van der Waals surface area contributed by atoms with Gasteiger partial charge in [0.25, 0.3) is 0 Å². The Kier molecular flexibility index (Phi) is 5.95. The lowest BCUT2D eigenvalue weighted by molar-refractivity contribution is 0.359. The summed E-state index contributed by atoms with van der Waals surface area (Å²) in [4.78, 5) is 0. The zero-order valence-corrected chi connectivity index (χ0v) is 19.8. The second-order valence-corrected chi connectivity index (χ2v) is 63.1. The molecule has 0 aromatic carbocycles. The molecule has 0 spiro atoms. The molecular formula is C12H36O2Si5. The summed E-state index contributed by atoms with van der Waals surface area (Å²) in [6.45, 7) is 24.9. The van der Waals surface area contributed by atoms with Crippen molar-refractivity contribution in [3.8, 4) is 0 Å². The molecule has 0 aromatic heterocycles. The maximum Gasteiger partial charge on any atom is 0.0645 e. The van der Waals surface area contributed by atoms with Crippen LogP contribution in [0.3, 0.4) is 0 Å². The van der Waals surface area contributed by atoms with E-state index in [1.54, 1.807) is 0 Å². The molecule has 0 unspecified atom stereocenters. The fraction of sp³-hybridized carbons (Fsp3) is 1.00. The summed E-state index contributed by atoms with van der Waals surface area (Å²) in [6, 6.07) is 0. The van der Waals surface area contributed by atoms with E-state index in [1.165, 1.54) is 0 Å². The van der Waals surface area contributed by atoms with Crippen molar-refractivity contribution < 1.29 is 10.2 Å². The summed E-state index contributed by atoms with van der Waals surface area (Å²) in [5.41, 5.74) is 0. The lowest BCUT2D eigenvalue weighted by atomic mass is 11.7. The van der Waals surface area contributed by atoms with Crippen molar-refractivity contribution in [2.45, 2.75) is 65.5 Å². The third-order valence-electron chi connectivity index (χ3n) is 5.07. The van der Waals surface area contributed by atoms with Gasteiger partial charge in [0.05, 0.1) is 15.2 Å². The Morgan fingerprint density at radius 3 is 0.842 bits per heavy atom. The maximum absolute atomic E-state index is 10.2. The van der Waals surface area contributed by atoms with E-state index in [9.17, 15) is 10.2 Å². The summed E-state index contributed by atoms with van der Waals surface area (Å²) in [7, 11) is -6.09. The van der Waals surface area contributed by atoms with Crippen LogP contribution in [-0.4, -0.2) is 59.2 Å². The SMILES string of the molecule is C[Si](C)(C)[Si]([Si](C)(C)C)([Si](C)(C)CO)[Si](C)(C)CO. The quantitative estimate of drug-likeness (QED) is 0.722. The van der Waals surface area contributed by atoms with Gasteiger partial charge in [-0.15, -0.1) is 0 Å². The number of hydrogen-bond donors (Lipinski definition) is 2. The molecule has 0 saturated heterocycles. The first kappa shape index (κ1) is 20.0. The molecule has 0 fully saturated rings. The highest BCUT2D eigenvalue weighted by Crippen LogP contribution is 2.42. The Labute approximate surface area is 124 Å². The summed E-state index contributed by atoms with van der Waals surface area (Å²) in [6.07, 6.45) is -0.757. The van der Waals surface area contributed by atoms with Crippen LogP contribution in [0, 0.1) is 0 Å². The van der Waals surface area contributed by atoms with Gasteiger partial charge < -0.3 is 10.2 Å². The van der Waals surface area contributed by atoms with Gasteiger partial charge in [-0.3, -0.25) is 0 Å². The molecule has 0 atom stereocenters. The second-order valence-electron chi connectivity index (χ2n) is 9.33. The van der Waals surface area contributed by atoms with Crippen LogP contribution in [-0.2, 0) is 0 Å². The van der Waals surface area contributed by atoms with Crippen molar-refractivity contribution in [2.75, 3.05) is 12.5 Å². The van der Waals surface area contributed by atoms with Crippen LogP contribution in [0.25, 0.3) is 0 Å². The second kappa shape index (κ2) is 5.66. The van der Waals surface area contributed by atoms with E-state index >= 15 is 0 Å². The van der Waals surface area contributed by atoms with Crippen molar-refractivity contribution in [1.82, 2.24) is 0 Å². The third kappa shape index (κ3) is 2.97. The molecule has 0 aliphatic heterocycles. The molecule has 0 bridgehead atoms. The molecule has 0 aromatic rings. The number of hydrogen-bond acceptors (Lipinski definition) is 2. The summed E-state index contributed by atoms with van der Waals surface area (Å²) < 4.78 is 0. The lowest BCUT2D eigenvalue weighted by Crippen LogP contribution is -2.94. The van der Waals surface area contributed by atoms with Crippen LogP contribution in [0.5, 0.6) is 0 Å². The number of aliphatic hydroxyl groups excluding tert-OH is 2. The topological polar surface area (TPSA) is 40.5 Å². The van der Waals surface area contributed by atoms with Gasteiger partial charge in [-0.25, -0.2) is 0 Å². The normalized spacial score (nSPS) is 15.8. The van der Waals surface area contributed by atoms with Gasteiger partial charge in [0, 0.05) is 33.8 Å². The molecule has 2 N–H and O–H groups in total. The van der Waals surface area contributed by atoms with E-state index in [0.717, 1.165) is 0 Å². The minimum atomic E-state index is -1.66. The van der Waals surface area contributed by atoms with E-state index in [1.807, 2.05) is 0 Å². The van der Waals surface area contributed by atoms with Gasteiger partial charge in [0.1, 0.15) is 0 Å². The highest BCUT2D eigenvalue weighted by molar-refractivity contribution is 8.06. The minimum absolute atomic E-state index is 0.421. The Balaban J connectivity index is 6.59. The molecule has 19 heavy (non-hydrogen) atoms. The predicted molar refractivity (Wildman–Crippen MR) is 102 cm³/mol. The molecule has 0 rings (SSSR count). The zero-order valence-electron chi connectivity index (χ0n) is 14.8. The van der Waals surface area contributed by atoms with Crippen LogP contribution >= 0.6 is 0 Å². The van der Waals surface area contributed by atoms with E-state index in [-0.39, 0.29) is 0 Å². The molecule has 0 amide bonds. The molecule has 116 valence electrons. The van der Waals surface area contributed by atoms with Crippen molar-refractivity contribution in [2.24, 2.45) is 0 Å². The smallest absolute Gasteiger partial charge is 0.0645 e. The Morgan fingerprint density at radius 2 is 0.737 bits per heavy atom. The van der Waals surface area contributed by atoms with Gasteiger partial charge in [0.15, 0.2) is 0 Å². The van der Waals surface area contributed by atoms with Gasteiger partial charge in [-0.2, -0.15) is 0 Å². The Bertz CT molecular complexity index is 283. The molecule has 0 aliphatic carbocycles. The summed E-state index contributed by atoms with van der Waals surface area (Å²) in [5, 5.41) is 20.4. The van der Waals surface area contributed by atoms with Gasteiger partial charge in [-0.05, 0) is 0 Å². The fourth-order valence-corrected chi connectivity index (χ4v) is 171. The highest BCUT2D eigenvalue weighted by atomic mass is 30.2. The predicted octanol–water partition coefficient (Wildman–Crippen LogP) is 2.91. The van der Waals surface area contributed by atoms with Gasteiger partial charge >= 0.3 is 0 Å². The number of aliphatic hydroxyl groups is 2. The molecule has 0 saturated carbocycles. The monoisotopic (exact) mass is 352 g/mol. The van der Waals surface area contributed by atoms with Crippen LogP contribution < -0.4 is 0 Å². The Hall–Kier alpha value is 1.00. The largest absolute Gasteiger partial charge is 0.400 e. The molecular weight excluding hydrogens is 317 g/mol. The van der Waals surface area contributed by atoms with Crippen molar-refractivity contribution in [3.05, 3.63) is 0 Å². The molecule has 0 radical (unpaired) electrons. The van der Waals surface area contributed by atoms with Crippen molar-refractivity contribution in [1.29, 1.82) is 0 Å². The summed E-state index contributed by atoms with van der Waals surface area (Å²) in [5.74, 6) is 0. The van der Waals surface area contributed by atoms with Crippen LogP contribution in [0.15, 0.2) is 0 Å². The minimum Gasteiger partial charge on any atom is -0.400 e. The van der Waals surface area contributed by atoms with E-state index in [4.69, 9.17) is 0 Å². The van der Waals surface area contributed by atoms with Crippen LogP contribution in [0.2, 0.25) is 65.5 Å². The first-order valence-corrected chi connectivity index (χ1v) is 26.8. The standard InChI is InChI=1S/C12H36O2Si5/c1-15(2,3)19(16(4,5)6,17(7,8)11-13)18(9,10)12-14/h13-14H,11-12H2,1-10H3. The first-order chi connectivity index (χ1) is 8.12. The van der Waals surface area contributed by atoms with Gasteiger partial charge in [0.2, 0.25) is 0 Å². The van der Waals surface area contributed by atoms with Crippen molar-refractivity contribution >= 4 is 36.5 Å². The highest BCUT2D eigenvalue weighted by Gasteiger charge is 2.69. The Morgan fingerprint density at radius 1 is 0.526 bits per heavy atom. The first-order valence-electron chi connectivity index (χ1n) is 7.34. The maximum atomic E-state index is 10.2. The van der Waals surface area contributed by atoms with E-state index < -0.39 is 36.5 Å². The van der Waals surface area contributed by atoms with Crippen LogP contribution in [0.1, 0.15) is 0 Å². The van der Waals surface area contributed by atoms with E-state index in [2.05, 4.69) is 65.5 Å². The average molecular weight is 353 g/mol. The van der Waals surface area contributed by atoms with E-state index in [0.29, 0.717) is 12.5 Å². The zero-order chi connectivity index (χ0) is 15.9. The lowest BCUT2D eigenvalue weighted by Gasteiger charge is -2.64. The molecule has 0 aliphatic rings. The fourth-order valence-electron chi connectivity index (χ4n) is 6.34. The van der Waals surface area contributed by atoms with Crippen molar-refractivity contribution in [3.63, 3.8) is 0 Å². The molecule has 2 nitrogen and oxygen atoms in total. The number of rotatable bonds is 6. The third-order valence-corrected chi connectivity index (χ3v) is 119. The average Bonchev–Trinajstić information content (AvgIpc) is 2.12. The summed E-state index contributed by atoms with van der Waals surface area (Å²) >= 11 is 0. The van der Waals surface area contributed by atoms with Crippen LogP contribution in [0.4, 0.5) is 0 Å². The molecule has 0 heterocycles. The molecule has 7 heteroatoms.